The van der Waals surface area contributed by atoms with Gasteiger partial charge in [-0.25, -0.2) is 0 Å². The molecule has 2 N–H and O–H groups in total. The van der Waals surface area contributed by atoms with E-state index >= 15 is 0 Å². The first-order valence-electron chi connectivity index (χ1n) is 5.07. The Balaban J connectivity index is 2.75. The number of rotatable bonds is 6. The number of ketones is 2. The van der Waals surface area contributed by atoms with Crippen molar-refractivity contribution >= 4 is 11.6 Å². The molecule has 0 radical (unpaired) electrons. The largest absolute Gasteiger partial charge is 0.396 e. The van der Waals surface area contributed by atoms with Gasteiger partial charge in [0.2, 0.25) is 0 Å². The summed E-state index contributed by atoms with van der Waals surface area (Å²) in [7, 11) is 0. The van der Waals surface area contributed by atoms with Gasteiger partial charge in [-0.2, -0.15) is 0 Å². The van der Waals surface area contributed by atoms with Crippen molar-refractivity contribution in [2.24, 2.45) is 0 Å². The predicted octanol–water partition coefficient (Wildman–Crippen LogP) is 0.817. The standard InChI is InChI=1S/C12H14O4/c13-7-5-11(15)9-1-2-10(4-3-9)12(16)6-8-14/h1-4,13-14H,5-8H2. The van der Waals surface area contributed by atoms with E-state index in [1.807, 2.05) is 0 Å². The summed E-state index contributed by atoms with van der Waals surface area (Å²) in [6.45, 7) is -0.353. The number of carbonyl (C=O) groups is 2. The molecular formula is C12H14O4. The Morgan fingerprint density at radius 3 is 1.38 bits per heavy atom. The lowest BCUT2D eigenvalue weighted by Crippen LogP contribution is -2.04. The molecule has 0 fully saturated rings. The SMILES string of the molecule is O=C(CCO)c1ccc(C(=O)CCO)cc1. The monoisotopic (exact) mass is 222 g/mol. The smallest absolute Gasteiger partial charge is 0.165 e. The van der Waals surface area contributed by atoms with Gasteiger partial charge in [-0.15, -0.1) is 0 Å². The van der Waals surface area contributed by atoms with Crippen LogP contribution in [0.25, 0.3) is 0 Å². The van der Waals surface area contributed by atoms with Gasteiger partial charge in [0.1, 0.15) is 0 Å². The predicted molar refractivity (Wildman–Crippen MR) is 58.5 cm³/mol. The third-order valence-corrected chi connectivity index (χ3v) is 2.21. The van der Waals surface area contributed by atoms with E-state index in [2.05, 4.69) is 0 Å². The lowest BCUT2D eigenvalue weighted by Gasteiger charge is -2.01. The molecule has 0 unspecified atom stereocenters. The van der Waals surface area contributed by atoms with Gasteiger partial charge in [0.05, 0.1) is 13.2 Å². The minimum atomic E-state index is -0.177. The maximum atomic E-state index is 11.4. The van der Waals surface area contributed by atoms with Gasteiger partial charge in [0.25, 0.3) is 0 Å². The third kappa shape index (κ3) is 3.25. The van der Waals surface area contributed by atoms with Crippen LogP contribution in [0.2, 0.25) is 0 Å². The third-order valence-electron chi connectivity index (χ3n) is 2.21. The van der Waals surface area contributed by atoms with Crippen LogP contribution in [-0.4, -0.2) is 35.0 Å². The van der Waals surface area contributed by atoms with E-state index in [4.69, 9.17) is 10.2 Å². The number of benzene rings is 1. The Morgan fingerprint density at radius 1 is 0.812 bits per heavy atom. The molecule has 0 amide bonds. The van der Waals surface area contributed by atoms with Crippen LogP contribution in [-0.2, 0) is 0 Å². The van der Waals surface area contributed by atoms with Gasteiger partial charge >= 0.3 is 0 Å². The maximum Gasteiger partial charge on any atom is 0.165 e. The second-order valence-electron chi connectivity index (χ2n) is 3.37. The Hall–Kier alpha value is -1.52. The highest BCUT2D eigenvalue weighted by atomic mass is 16.3. The number of aliphatic hydroxyl groups excluding tert-OH is 2. The van der Waals surface area contributed by atoms with E-state index in [-0.39, 0.29) is 37.6 Å². The van der Waals surface area contributed by atoms with E-state index in [0.29, 0.717) is 11.1 Å². The zero-order chi connectivity index (χ0) is 12.0. The zero-order valence-corrected chi connectivity index (χ0v) is 8.85. The Kier molecular flexibility index (Phi) is 4.82. The van der Waals surface area contributed by atoms with Crippen LogP contribution in [0, 0.1) is 0 Å². The van der Waals surface area contributed by atoms with Crippen LogP contribution in [0.3, 0.4) is 0 Å². The fourth-order valence-electron chi connectivity index (χ4n) is 1.33. The highest BCUT2D eigenvalue weighted by molar-refractivity contribution is 5.99. The quantitative estimate of drug-likeness (QED) is 0.699. The summed E-state index contributed by atoms with van der Waals surface area (Å²) in [4.78, 5) is 22.7. The van der Waals surface area contributed by atoms with Crippen molar-refractivity contribution in [3.05, 3.63) is 35.4 Å². The summed E-state index contributed by atoms with van der Waals surface area (Å²) in [5, 5.41) is 17.2. The van der Waals surface area contributed by atoms with Gasteiger partial charge < -0.3 is 10.2 Å². The molecule has 0 aliphatic rings. The minimum Gasteiger partial charge on any atom is -0.396 e. The average molecular weight is 222 g/mol. The summed E-state index contributed by atoms with van der Waals surface area (Å²) in [5.74, 6) is -0.299. The minimum absolute atomic E-state index is 0.0872. The van der Waals surface area contributed by atoms with Gasteiger partial charge in [0, 0.05) is 24.0 Å². The van der Waals surface area contributed by atoms with Gasteiger partial charge in [-0.05, 0) is 0 Å². The highest BCUT2D eigenvalue weighted by Gasteiger charge is 2.08. The van der Waals surface area contributed by atoms with Crippen molar-refractivity contribution in [2.75, 3.05) is 13.2 Å². The van der Waals surface area contributed by atoms with Crippen LogP contribution in [0.4, 0.5) is 0 Å². The summed E-state index contributed by atoms with van der Waals surface area (Å²) in [6.07, 6.45) is 0.174. The molecule has 1 aromatic rings. The van der Waals surface area contributed by atoms with Crippen LogP contribution >= 0.6 is 0 Å². The molecule has 0 bridgehead atoms. The highest BCUT2D eigenvalue weighted by Crippen LogP contribution is 2.08. The van der Waals surface area contributed by atoms with Crippen LogP contribution < -0.4 is 0 Å². The summed E-state index contributed by atoms with van der Waals surface area (Å²) in [5.41, 5.74) is 0.962. The van der Waals surface area contributed by atoms with Crippen molar-refractivity contribution in [1.29, 1.82) is 0 Å². The molecule has 0 aromatic heterocycles. The molecule has 0 spiro atoms. The van der Waals surface area contributed by atoms with Crippen molar-refractivity contribution in [3.63, 3.8) is 0 Å². The molecule has 0 heterocycles. The first kappa shape index (κ1) is 12.5. The fourth-order valence-corrected chi connectivity index (χ4v) is 1.33. The van der Waals surface area contributed by atoms with Crippen LogP contribution in [0.5, 0.6) is 0 Å². The van der Waals surface area contributed by atoms with Crippen molar-refractivity contribution in [2.45, 2.75) is 12.8 Å². The number of hydrogen-bond acceptors (Lipinski definition) is 4. The molecule has 0 saturated heterocycles. The van der Waals surface area contributed by atoms with Crippen LogP contribution in [0.1, 0.15) is 33.6 Å². The topological polar surface area (TPSA) is 74.6 Å². The summed E-state index contributed by atoms with van der Waals surface area (Å²) < 4.78 is 0. The van der Waals surface area contributed by atoms with Crippen LogP contribution in [0.15, 0.2) is 24.3 Å². The van der Waals surface area contributed by atoms with E-state index in [0.717, 1.165) is 0 Å². The van der Waals surface area contributed by atoms with Gasteiger partial charge in [-0.1, -0.05) is 24.3 Å². The molecular weight excluding hydrogens is 208 g/mol. The lowest BCUT2D eigenvalue weighted by atomic mass is 10.0. The molecule has 0 atom stereocenters. The fraction of sp³-hybridized carbons (Fsp3) is 0.333. The average Bonchev–Trinajstić information content (AvgIpc) is 2.30. The molecule has 86 valence electrons. The van der Waals surface area contributed by atoms with E-state index in [1.165, 1.54) is 0 Å². The Labute approximate surface area is 93.5 Å². The first-order valence-corrected chi connectivity index (χ1v) is 5.07. The first-order chi connectivity index (χ1) is 7.69. The molecule has 16 heavy (non-hydrogen) atoms. The normalized spacial score (nSPS) is 10.1. The van der Waals surface area contributed by atoms with Gasteiger partial charge in [0.15, 0.2) is 11.6 Å². The summed E-state index contributed by atoms with van der Waals surface area (Å²) in [6, 6.07) is 6.23. The second-order valence-corrected chi connectivity index (χ2v) is 3.37. The Bertz CT molecular complexity index is 330. The molecule has 1 rings (SSSR count). The zero-order valence-electron chi connectivity index (χ0n) is 8.85. The second kappa shape index (κ2) is 6.15. The molecule has 0 aliphatic carbocycles. The molecule has 4 heteroatoms. The van der Waals surface area contributed by atoms with E-state index in [1.54, 1.807) is 24.3 Å². The molecule has 0 saturated carbocycles. The van der Waals surface area contributed by atoms with E-state index < -0.39 is 0 Å². The number of hydrogen-bond donors (Lipinski definition) is 2. The van der Waals surface area contributed by atoms with E-state index in [9.17, 15) is 9.59 Å². The van der Waals surface area contributed by atoms with Crippen molar-refractivity contribution < 1.29 is 19.8 Å². The molecule has 1 aromatic carbocycles. The van der Waals surface area contributed by atoms with Crippen molar-refractivity contribution in [3.8, 4) is 0 Å². The maximum absolute atomic E-state index is 11.4. The Morgan fingerprint density at radius 2 is 1.12 bits per heavy atom. The summed E-state index contributed by atoms with van der Waals surface area (Å²) >= 11 is 0. The number of aliphatic hydroxyl groups is 2. The molecule has 0 aliphatic heterocycles. The van der Waals surface area contributed by atoms with Crippen molar-refractivity contribution in [1.82, 2.24) is 0 Å². The number of Topliss-reactive ketones (excluding diaryl/α,β-unsaturated/α-hetero) is 2. The van der Waals surface area contributed by atoms with Gasteiger partial charge in [-0.3, -0.25) is 9.59 Å². The number of carbonyl (C=O) groups excluding carboxylic acids is 2. The lowest BCUT2D eigenvalue weighted by molar-refractivity contribution is 0.0944. The molecule has 4 nitrogen and oxygen atoms in total.